The van der Waals surface area contributed by atoms with E-state index >= 15 is 0 Å². The van der Waals surface area contributed by atoms with Crippen LogP contribution in [0.2, 0.25) is 0 Å². The van der Waals surface area contributed by atoms with Crippen LogP contribution in [-0.4, -0.2) is 30.3 Å². The molecule has 0 bridgehead atoms. The molecule has 0 fully saturated rings. The van der Waals surface area contributed by atoms with Crippen molar-refractivity contribution in [3.63, 3.8) is 0 Å². The Kier molecular flexibility index (Phi) is 4.36. The molecule has 3 N–H and O–H groups in total. The van der Waals surface area contributed by atoms with Gasteiger partial charge in [-0.25, -0.2) is 0 Å². The van der Waals surface area contributed by atoms with Crippen molar-refractivity contribution in [1.82, 2.24) is 0 Å². The molecular weight excluding hydrogens is 170 g/mol. The molecule has 0 saturated carbocycles. The summed E-state index contributed by atoms with van der Waals surface area (Å²) in [6.45, 7) is 5.92. The van der Waals surface area contributed by atoms with Gasteiger partial charge in [0, 0.05) is 0 Å². The lowest BCUT2D eigenvalue weighted by Crippen LogP contribution is -2.44. The minimum Gasteiger partial charge on any atom is -0.468 e. The quantitative estimate of drug-likeness (QED) is 0.626. The molecule has 0 saturated heterocycles. The fraction of sp³-hybridized carbons (Fsp3) is 0.889. The summed E-state index contributed by atoms with van der Waals surface area (Å²) < 4.78 is 4.42. The van der Waals surface area contributed by atoms with Gasteiger partial charge < -0.3 is 15.6 Å². The second-order valence-corrected chi connectivity index (χ2v) is 4.38. The first-order chi connectivity index (χ1) is 5.78. The first-order valence-electron chi connectivity index (χ1n) is 4.29. The molecule has 0 heterocycles. The van der Waals surface area contributed by atoms with Gasteiger partial charge in [0.05, 0.1) is 13.2 Å². The van der Waals surface area contributed by atoms with Crippen molar-refractivity contribution in [3.8, 4) is 0 Å². The van der Waals surface area contributed by atoms with E-state index < -0.39 is 18.1 Å². The molecular formula is C9H19NO3. The van der Waals surface area contributed by atoms with Crippen LogP contribution in [0.15, 0.2) is 0 Å². The summed E-state index contributed by atoms with van der Waals surface area (Å²) in [4.78, 5) is 10.9. The molecule has 0 amide bonds. The molecule has 0 aromatic heterocycles. The van der Waals surface area contributed by atoms with E-state index in [2.05, 4.69) is 4.74 Å². The second kappa shape index (κ2) is 4.58. The molecule has 4 nitrogen and oxygen atoms in total. The molecule has 0 aliphatic rings. The lowest BCUT2D eigenvalue weighted by Gasteiger charge is -2.24. The molecule has 0 aliphatic carbocycles. The largest absolute Gasteiger partial charge is 0.468 e. The number of aliphatic hydroxyl groups is 1. The van der Waals surface area contributed by atoms with Gasteiger partial charge in [0.2, 0.25) is 0 Å². The highest BCUT2D eigenvalue weighted by Gasteiger charge is 2.27. The number of hydrogen-bond acceptors (Lipinski definition) is 4. The van der Waals surface area contributed by atoms with Crippen LogP contribution in [0.4, 0.5) is 0 Å². The van der Waals surface area contributed by atoms with E-state index in [9.17, 15) is 9.90 Å². The Morgan fingerprint density at radius 3 is 2.31 bits per heavy atom. The predicted octanol–water partition coefficient (Wildman–Crippen LogP) is 0.284. The average Bonchev–Trinajstić information content (AvgIpc) is 1.98. The molecule has 13 heavy (non-hydrogen) atoms. The molecule has 0 aromatic carbocycles. The normalized spacial score (nSPS) is 16.5. The number of ether oxygens (including phenoxy) is 1. The Labute approximate surface area is 79.1 Å². The van der Waals surface area contributed by atoms with Crippen LogP contribution in [-0.2, 0) is 9.53 Å². The number of rotatable bonds is 3. The molecule has 0 spiro atoms. The van der Waals surface area contributed by atoms with Gasteiger partial charge in [0.15, 0.2) is 0 Å². The van der Waals surface area contributed by atoms with E-state index in [-0.39, 0.29) is 5.41 Å². The molecule has 78 valence electrons. The van der Waals surface area contributed by atoms with Gasteiger partial charge in [0.25, 0.3) is 0 Å². The summed E-state index contributed by atoms with van der Waals surface area (Å²) in [7, 11) is 1.26. The molecule has 0 aromatic rings. The van der Waals surface area contributed by atoms with Crippen molar-refractivity contribution in [2.24, 2.45) is 11.1 Å². The zero-order valence-corrected chi connectivity index (χ0v) is 8.70. The first kappa shape index (κ1) is 12.4. The molecule has 0 radical (unpaired) electrons. The number of carbonyl (C=O) groups excluding carboxylic acids is 1. The molecule has 2 unspecified atom stereocenters. The van der Waals surface area contributed by atoms with Gasteiger partial charge >= 0.3 is 5.97 Å². The van der Waals surface area contributed by atoms with Crippen LogP contribution in [0.1, 0.15) is 27.2 Å². The molecule has 0 aliphatic heterocycles. The van der Waals surface area contributed by atoms with E-state index in [1.807, 2.05) is 20.8 Å². The van der Waals surface area contributed by atoms with Gasteiger partial charge in [-0.15, -0.1) is 0 Å². The van der Waals surface area contributed by atoms with Gasteiger partial charge in [-0.2, -0.15) is 0 Å². The van der Waals surface area contributed by atoms with E-state index in [4.69, 9.17) is 5.73 Å². The first-order valence-corrected chi connectivity index (χ1v) is 4.29. The maximum atomic E-state index is 10.9. The zero-order valence-electron chi connectivity index (χ0n) is 8.70. The monoisotopic (exact) mass is 189 g/mol. The van der Waals surface area contributed by atoms with Crippen LogP contribution in [0.3, 0.4) is 0 Å². The Morgan fingerprint density at radius 1 is 1.54 bits per heavy atom. The third-order valence-electron chi connectivity index (χ3n) is 1.71. The summed E-state index contributed by atoms with van der Waals surface area (Å²) in [5.74, 6) is -0.572. The lowest BCUT2D eigenvalue weighted by molar-refractivity contribution is -0.145. The number of carbonyl (C=O) groups is 1. The summed E-state index contributed by atoms with van der Waals surface area (Å²) in [6.07, 6.45) is -0.365. The van der Waals surface area contributed by atoms with Crippen molar-refractivity contribution in [3.05, 3.63) is 0 Å². The smallest absolute Gasteiger partial charge is 0.325 e. The van der Waals surface area contributed by atoms with Gasteiger partial charge in [-0.05, 0) is 11.8 Å². The van der Waals surface area contributed by atoms with Crippen LogP contribution in [0.25, 0.3) is 0 Å². The Bertz CT molecular complexity index is 174. The third-order valence-corrected chi connectivity index (χ3v) is 1.71. The molecule has 2 atom stereocenters. The SMILES string of the molecule is COC(=O)C(N)C(O)CC(C)(C)C. The Balaban J connectivity index is 4.11. The second-order valence-electron chi connectivity index (χ2n) is 4.38. The highest BCUT2D eigenvalue weighted by Crippen LogP contribution is 2.21. The number of hydrogen-bond donors (Lipinski definition) is 2. The standard InChI is InChI=1S/C9H19NO3/c1-9(2,3)5-6(11)7(10)8(12)13-4/h6-7,11H,5,10H2,1-4H3. The Morgan fingerprint density at radius 2 is 2.00 bits per heavy atom. The predicted molar refractivity (Wildman–Crippen MR) is 50.1 cm³/mol. The average molecular weight is 189 g/mol. The van der Waals surface area contributed by atoms with E-state index in [0.717, 1.165) is 0 Å². The van der Waals surface area contributed by atoms with E-state index in [1.54, 1.807) is 0 Å². The van der Waals surface area contributed by atoms with Crippen molar-refractivity contribution in [2.75, 3.05) is 7.11 Å². The van der Waals surface area contributed by atoms with Crippen molar-refractivity contribution in [2.45, 2.75) is 39.3 Å². The fourth-order valence-corrected chi connectivity index (χ4v) is 1.05. The van der Waals surface area contributed by atoms with Crippen molar-refractivity contribution in [1.29, 1.82) is 0 Å². The minimum absolute atomic E-state index is 0.0505. The van der Waals surface area contributed by atoms with Crippen molar-refractivity contribution >= 4 is 5.97 Å². The summed E-state index contributed by atoms with van der Waals surface area (Å²) >= 11 is 0. The highest BCUT2D eigenvalue weighted by atomic mass is 16.5. The number of esters is 1. The number of methoxy groups -OCH3 is 1. The topological polar surface area (TPSA) is 72.5 Å². The summed E-state index contributed by atoms with van der Waals surface area (Å²) in [6, 6.07) is -0.941. The van der Waals surface area contributed by atoms with Gasteiger partial charge in [0.1, 0.15) is 6.04 Å². The number of aliphatic hydroxyl groups excluding tert-OH is 1. The Hall–Kier alpha value is -0.610. The molecule has 0 rings (SSSR count). The van der Waals surface area contributed by atoms with E-state index in [0.29, 0.717) is 6.42 Å². The zero-order chi connectivity index (χ0) is 10.6. The molecule has 4 heteroatoms. The summed E-state index contributed by atoms with van der Waals surface area (Å²) in [5.41, 5.74) is 5.40. The van der Waals surface area contributed by atoms with Crippen LogP contribution in [0, 0.1) is 5.41 Å². The third kappa shape index (κ3) is 4.85. The van der Waals surface area contributed by atoms with Crippen LogP contribution < -0.4 is 5.73 Å². The lowest BCUT2D eigenvalue weighted by atomic mass is 9.87. The fourth-order valence-electron chi connectivity index (χ4n) is 1.05. The minimum atomic E-state index is -0.941. The van der Waals surface area contributed by atoms with Crippen molar-refractivity contribution < 1.29 is 14.6 Å². The van der Waals surface area contributed by atoms with Gasteiger partial charge in [-0.3, -0.25) is 4.79 Å². The van der Waals surface area contributed by atoms with Crippen LogP contribution >= 0.6 is 0 Å². The number of nitrogens with two attached hydrogens (primary N) is 1. The maximum absolute atomic E-state index is 10.9. The maximum Gasteiger partial charge on any atom is 0.325 e. The van der Waals surface area contributed by atoms with Gasteiger partial charge in [-0.1, -0.05) is 20.8 Å². The van der Waals surface area contributed by atoms with Crippen LogP contribution in [0.5, 0.6) is 0 Å². The summed E-state index contributed by atoms with van der Waals surface area (Å²) in [5, 5.41) is 9.53. The van der Waals surface area contributed by atoms with E-state index in [1.165, 1.54) is 7.11 Å². The highest BCUT2D eigenvalue weighted by molar-refractivity contribution is 5.76.